The summed E-state index contributed by atoms with van der Waals surface area (Å²) in [5.41, 5.74) is 1.11. The minimum Gasteiger partial charge on any atom is -0.337 e. The average molecular weight is 430 g/mol. The third kappa shape index (κ3) is 3.34. The molecule has 1 aromatic carbocycles. The molecule has 1 fully saturated rings. The number of fused-ring (bicyclic) bond motifs is 1. The van der Waals surface area contributed by atoms with E-state index < -0.39 is 5.67 Å². The second-order valence-electron chi connectivity index (χ2n) is 8.30. The Balaban J connectivity index is 1.34. The lowest BCUT2D eigenvalue weighted by Gasteiger charge is -2.40. The van der Waals surface area contributed by atoms with Crippen molar-refractivity contribution < 1.29 is 8.91 Å². The van der Waals surface area contributed by atoms with Gasteiger partial charge in [-0.2, -0.15) is 10.2 Å². The smallest absolute Gasteiger partial charge is 0.263 e. The molecule has 1 aliphatic carbocycles. The molecular formula is C23H19FN6O2. The van der Waals surface area contributed by atoms with Crippen LogP contribution in [0.1, 0.15) is 52.9 Å². The molecule has 0 aliphatic heterocycles. The van der Waals surface area contributed by atoms with Gasteiger partial charge in [0.15, 0.2) is 11.5 Å². The van der Waals surface area contributed by atoms with Gasteiger partial charge in [-0.25, -0.2) is 14.4 Å². The van der Waals surface area contributed by atoms with Gasteiger partial charge in [-0.05, 0) is 43.9 Å². The predicted molar refractivity (Wildman–Crippen MR) is 113 cm³/mol. The Hall–Kier alpha value is -3.93. The van der Waals surface area contributed by atoms with Crippen LogP contribution in [0.3, 0.4) is 0 Å². The fraction of sp³-hybridized carbons (Fsp3) is 0.304. The van der Waals surface area contributed by atoms with Crippen LogP contribution in [0.2, 0.25) is 0 Å². The van der Waals surface area contributed by atoms with Gasteiger partial charge in [-0.3, -0.25) is 9.36 Å². The summed E-state index contributed by atoms with van der Waals surface area (Å²) in [5.74, 6) is 0.550. The Morgan fingerprint density at radius 1 is 1.25 bits per heavy atom. The SMILES string of the molecule is Cc1ccc(C2(F)CC(c3noc(Cn4cnc5nc(C#N)cc(C)c5c4=O)n3)C2)cc1. The number of halogens is 1. The van der Waals surface area contributed by atoms with Crippen LogP contribution in [0.4, 0.5) is 4.39 Å². The number of pyridine rings is 1. The van der Waals surface area contributed by atoms with Crippen LogP contribution in [-0.2, 0) is 12.2 Å². The summed E-state index contributed by atoms with van der Waals surface area (Å²) in [4.78, 5) is 25.5. The van der Waals surface area contributed by atoms with E-state index in [1.165, 1.54) is 10.9 Å². The largest absolute Gasteiger partial charge is 0.337 e. The molecule has 0 amide bonds. The quantitative estimate of drug-likeness (QED) is 0.487. The number of hydrogen-bond donors (Lipinski definition) is 0. The number of nitriles is 1. The molecule has 0 N–H and O–H groups in total. The third-order valence-electron chi connectivity index (χ3n) is 5.97. The van der Waals surface area contributed by atoms with E-state index in [-0.39, 0.29) is 35.3 Å². The highest BCUT2D eigenvalue weighted by Gasteiger charge is 2.48. The monoisotopic (exact) mass is 430 g/mol. The normalized spacial score (nSPS) is 20.1. The summed E-state index contributed by atoms with van der Waals surface area (Å²) in [6.45, 7) is 3.74. The zero-order valence-corrected chi connectivity index (χ0v) is 17.5. The summed E-state index contributed by atoms with van der Waals surface area (Å²) in [6.07, 6.45) is 1.92. The molecule has 3 heterocycles. The molecule has 3 aromatic heterocycles. The summed E-state index contributed by atoms with van der Waals surface area (Å²) in [7, 11) is 0. The molecule has 0 saturated heterocycles. The topological polar surface area (TPSA) is 110 Å². The lowest BCUT2D eigenvalue weighted by atomic mass is 9.68. The summed E-state index contributed by atoms with van der Waals surface area (Å²) in [6, 6.07) is 11.0. The minimum absolute atomic E-state index is 0.0413. The van der Waals surface area contributed by atoms with Crippen molar-refractivity contribution in [2.75, 3.05) is 0 Å². The molecule has 0 bridgehead atoms. The van der Waals surface area contributed by atoms with Gasteiger partial charge in [0.25, 0.3) is 5.56 Å². The zero-order valence-electron chi connectivity index (χ0n) is 17.5. The van der Waals surface area contributed by atoms with Gasteiger partial charge in [0.2, 0.25) is 5.89 Å². The van der Waals surface area contributed by atoms with E-state index in [1.54, 1.807) is 13.0 Å². The molecule has 160 valence electrons. The number of nitrogens with zero attached hydrogens (tertiary/aromatic N) is 6. The van der Waals surface area contributed by atoms with Crippen molar-refractivity contribution in [3.05, 3.63) is 81.1 Å². The van der Waals surface area contributed by atoms with E-state index in [1.807, 2.05) is 37.3 Å². The first-order valence-corrected chi connectivity index (χ1v) is 10.2. The first-order chi connectivity index (χ1) is 15.4. The number of benzene rings is 1. The fourth-order valence-corrected chi connectivity index (χ4v) is 4.14. The van der Waals surface area contributed by atoms with E-state index in [0.717, 1.165) is 5.56 Å². The van der Waals surface area contributed by atoms with Crippen molar-refractivity contribution in [1.29, 1.82) is 5.26 Å². The Kier molecular flexibility index (Phi) is 4.59. The molecule has 8 nitrogen and oxygen atoms in total. The van der Waals surface area contributed by atoms with Gasteiger partial charge in [0.1, 0.15) is 30.3 Å². The summed E-state index contributed by atoms with van der Waals surface area (Å²) < 4.78 is 21.9. The van der Waals surface area contributed by atoms with Crippen LogP contribution >= 0.6 is 0 Å². The third-order valence-corrected chi connectivity index (χ3v) is 5.97. The Morgan fingerprint density at radius 2 is 2.00 bits per heavy atom. The number of alkyl halides is 1. The molecule has 0 unspecified atom stereocenters. The van der Waals surface area contributed by atoms with Gasteiger partial charge in [-0.15, -0.1) is 0 Å². The van der Waals surface area contributed by atoms with Crippen molar-refractivity contribution in [3.8, 4) is 6.07 Å². The fourth-order valence-electron chi connectivity index (χ4n) is 4.14. The van der Waals surface area contributed by atoms with E-state index in [2.05, 4.69) is 20.1 Å². The van der Waals surface area contributed by atoms with Crippen LogP contribution in [0.25, 0.3) is 11.0 Å². The highest BCUT2D eigenvalue weighted by atomic mass is 19.1. The van der Waals surface area contributed by atoms with Crippen molar-refractivity contribution in [1.82, 2.24) is 24.7 Å². The molecule has 4 aromatic rings. The summed E-state index contributed by atoms with van der Waals surface area (Å²) >= 11 is 0. The van der Waals surface area contributed by atoms with E-state index in [0.29, 0.717) is 35.2 Å². The molecule has 0 radical (unpaired) electrons. The van der Waals surface area contributed by atoms with Gasteiger partial charge in [0.05, 0.1) is 5.39 Å². The Labute approximate surface area is 182 Å². The van der Waals surface area contributed by atoms with Crippen LogP contribution in [0.5, 0.6) is 0 Å². The number of hydrogen-bond acceptors (Lipinski definition) is 7. The van der Waals surface area contributed by atoms with E-state index in [9.17, 15) is 4.79 Å². The van der Waals surface area contributed by atoms with Crippen LogP contribution < -0.4 is 5.56 Å². The van der Waals surface area contributed by atoms with Crippen LogP contribution in [0.15, 0.2) is 46.0 Å². The maximum absolute atomic E-state index is 15.2. The lowest BCUT2D eigenvalue weighted by molar-refractivity contribution is 0.0336. The van der Waals surface area contributed by atoms with Crippen molar-refractivity contribution in [2.24, 2.45) is 0 Å². The summed E-state index contributed by atoms with van der Waals surface area (Å²) in [5, 5.41) is 13.4. The molecule has 5 rings (SSSR count). The molecule has 0 atom stereocenters. The standard InChI is InChI=1S/C23H19FN6O2/c1-13-3-5-16(6-4-13)23(24)8-15(9-23)20-28-18(32-29-20)11-30-12-26-21-19(22(30)31)14(2)7-17(10-25)27-21/h3-7,12,15H,8-9,11H2,1-2H3. The lowest BCUT2D eigenvalue weighted by Crippen LogP contribution is -2.36. The molecule has 32 heavy (non-hydrogen) atoms. The maximum Gasteiger partial charge on any atom is 0.263 e. The number of aryl methyl sites for hydroxylation is 2. The molecule has 1 saturated carbocycles. The average Bonchev–Trinajstić information content (AvgIpc) is 3.21. The van der Waals surface area contributed by atoms with Crippen molar-refractivity contribution >= 4 is 11.0 Å². The van der Waals surface area contributed by atoms with Gasteiger partial charge < -0.3 is 4.52 Å². The van der Waals surface area contributed by atoms with Gasteiger partial charge in [-0.1, -0.05) is 35.0 Å². The van der Waals surface area contributed by atoms with E-state index in [4.69, 9.17) is 9.78 Å². The molecule has 9 heteroatoms. The number of rotatable bonds is 4. The zero-order chi connectivity index (χ0) is 22.5. The Morgan fingerprint density at radius 3 is 2.72 bits per heavy atom. The highest BCUT2D eigenvalue weighted by Crippen LogP contribution is 2.53. The minimum atomic E-state index is -1.38. The first kappa shape index (κ1) is 20.0. The molecule has 1 aliphatic rings. The van der Waals surface area contributed by atoms with Crippen molar-refractivity contribution in [3.63, 3.8) is 0 Å². The van der Waals surface area contributed by atoms with Crippen molar-refractivity contribution in [2.45, 2.75) is 44.8 Å². The Bertz CT molecular complexity index is 1430. The predicted octanol–water partition coefficient (Wildman–Crippen LogP) is 3.45. The van der Waals surface area contributed by atoms with Gasteiger partial charge in [0, 0.05) is 5.92 Å². The number of aromatic nitrogens is 5. The van der Waals surface area contributed by atoms with Crippen LogP contribution in [-0.4, -0.2) is 24.7 Å². The molecular weight excluding hydrogens is 411 g/mol. The van der Waals surface area contributed by atoms with Crippen LogP contribution in [0, 0.1) is 25.2 Å². The second kappa shape index (κ2) is 7.34. The first-order valence-electron chi connectivity index (χ1n) is 10.2. The van der Waals surface area contributed by atoms with E-state index >= 15 is 4.39 Å². The second-order valence-corrected chi connectivity index (χ2v) is 8.30. The molecule has 0 spiro atoms. The highest BCUT2D eigenvalue weighted by molar-refractivity contribution is 5.77. The maximum atomic E-state index is 15.2. The van der Waals surface area contributed by atoms with Gasteiger partial charge >= 0.3 is 0 Å².